The van der Waals surface area contributed by atoms with Crippen molar-refractivity contribution in [2.24, 2.45) is 0 Å². The Balaban J connectivity index is 2.30. The van der Waals surface area contributed by atoms with Crippen LogP contribution in [0.4, 0.5) is 5.69 Å². The highest BCUT2D eigenvalue weighted by Crippen LogP contribution is 2.22. The Bertz CT molecular complexity index is 649. The summed E-state index contributed by atoms with van der Waals surface area (Å²) >= 11 is 5.92. The second-order valence-corrected chi connectivity index (χ2v) is 5.28. The summed E-state index contributed by atoms with van der Waals surface area (Å²) in [6, 6.07) is 10.6. The lowest BCUT2D eigenvalue weighted by Gasteiger charge is -2.29. The number of aliphatic hydroxyl groups is 1. The van der Waals surface area contributed by atoms with Gasteiger partial charge in [0.05, 0.1) is 29.6 Å². The van der Waals surface area contributed by atoms with Crippen molar-refractivity contribution in [1.82, 2.24) is 10.3 Å². The number of hydrogen-bond acceptors (Lipinski definition) is 4. The van der Waals surface area contributed by atoms with Gasteiger partial charge in [0.1, 0.15) is 5.15 Å². The highest BCUT2D eigenvalue weighted by Gasteiger charge is 2.29. The van der Waals surface area contributed by atoms with E-state index in [1.54, 1.807) is 6.92 Å². The number of nitrogens with zero attached hydrogens (tertiary/aromatic N) is 1. The third kappa shape index (κ3) is 3.32. The number of pyridine rings is 1. The van der Waals surface area contributed by atoms with Crippen molar-refractivity contribution < 1.29 is 9.90 Å². The summed E-state index contributed by atoms with van der Waals surface area (Å²) in [5.74, 6) is -0.444. The predicted octanol–water partition coefficient (Wildman–Crippen LogP) is 1.95. The number of aromatic nitrogens is 1. The van der Waals surface area contributed by atoms with Crippen LogP contribution < -0.4 is 11.1 Å². The van der Waals surface area contributed by atoms with Gasteiger partial charge in [-0.15, -0.1) is 0 Å². The van der Waals surface area contributed by atoms with E-state index in [4.69, 9.17) is 17.3 Å². The maximum atomic E-state index is 12.4. The van der Waals surface area contributed by atoms with Crippen molar-refractivity contribution >= 4 is 23.2 Å². The molecule has 0 aliphatic carbocycles. The molecule has 4 N–H and O–H groups in total. The van der Waals surface area contributed by atoms with E-state index in [0.29, 0.717) is 5.69 Å². The first-order valence-corrected chi connectivity index (χ1v) is 6.74. The van der Waals surface area contributed by atoms with Crippen LogP contribution in [0.3, 0.4) is 0 Å². The van der Waals surface area contributed by atoms with E-state index in [1.165, 1.54) is 12.3 Å². The number of carbonyl (C=O) groups is 1. The number of hydrogen-bond donors (Lipinski definition) is 3. The minimum absolute atomic E-state index is 0.0649. The molecule has 0 saturated heterocycles. The van der Waals surface area contributed by atoms with Crippen molar-refractivity contribution in [3.05, 3.63) is 58.9 Å². The van der Waals surface area contributed by atoms with Crippen molar-refractivity contribution in [2.75, 3.05) is 12.3 Å². The van der Waals surface area contributed by atoms with Gasteiger partial charge in [-0.2, -0.15) is 0 Å². The fourth-order valence-electron chi connectivity index (χ4n) is 1.95. The number of anilines is 1. The molecule has 0 bridgehead atoms. The molecule has 110 valence electrons. The number of carbonyl (C=O) groups excluding carboxylic acids is 1. The molecule has 0 fully saturated rings. The van der Waals surface area contributed by atoms with Gasteiger partial charge in [-0.05, 0) is 18.6 Å². The second-order valence-electron chi connectivity index (χ2n) is 4.92. The van der Waals surface area contributed by atoms with Crippen LogP contribution >= 0.6 is 11.6 Å². The summed E-state index contributed by atoms with van der Waals surface area (Å²) in [7, 11) is 0. The van der Waals surface area contributed by atoms with Gasteiger partial charge in [0, 0.05) is 0 Å². The van der Waals surface area contributed by atoms with Crippen molar-refractivity contribution in [3.8, 4) is 0 Å². The first-order valence-electron chi connectivity index (χ1n) is 6.36. The zero-order valence-electron chi connectivity index (χ0n) is 11.5. The van der Waals surface area contributed by atoms with Gasteiger partial charge >= 0.3 is 0 Å². The molecule has 1 aromatic carbocycles. The number of rotatable bonds is 4. The van der Waals surface area contributed by atoms with Gasteiger partial charge in [-0.1, -0.05) is 41.9 Å². The average Bonchev–Trinajstić information content (AvgIpc) is 2.50. The van der Waals surface area contributed by atoms with Gasteiger partial charge < -0.3 is 16.2 Å². The third-order valence-electron chi connectivity index (χ3n) is 3.22. The highest BCUT2D eigenvalue weighted by molar-refractivity contribution is 6.32. The molecule has 5 nitrogen and oxygen atoms in total. The molecule has 2 rings (SSSR count). The number of halogens is 1. The number of aliphatic hydroxyl groups excluding tert-OH is 1. The van der Waals surface area contributed by atoms with Gasteiger partial charge in [0.15, 0.2) is 0 Å². The normalized spacial score (nSPS) is 13.5. The number of nitrogens with one attached hydrogen (secondary N) is 1. The molecule has 1 atom stereocenters. The number of benzene rings is 1. The van der Waals surface area contributed by atoms with E-state index in [9.17, 15) is 9.90 Å². The van der Waals surface area contributed by atoms with Gasteiger partial charge in [0.2, 0.25) is 0 Å². The summed E-state index contributed by atoms with van der Waals surface area (Å²) in [6.07, 6.45) is 1.38. The molecule has 1 unspecified atom stereocenters. The summed E-state index contributed by atoms with van der Waals surface area (Å²) in [4.78, 5) is 16.2. The average molecular weight is 306 g/mol. The van der Waals surface area contributed by atoms with Crippen LogP contribution in [0.25, 0.3) is 0 Å². The van der Waals surface area contributed by atoms with E-state index in [1.807, 2.05) is 30.3 Å². The van der Waals surface area contributed by atoms with E-state index in [0.717, 1.165) is 5.56 Å². The molecule has 0 aliphatic heterocycles. The fraction of sp³-hybridized carbons (Fsp3) is 0.200. The molecule has 6 heteroatoms. The summed E-state index contributed by atoms with van der Waals surface area (Å²) < 4.78 is 0. The number of nitrogen functional groups attached to an aromatic ring is 1. The topological polar surface area (TPSA) is 88.2 Å². The van der Waals surface area contributed by atoms with Crippen molar-refractivity contribution in [2.45, 2.75) is 12.5 Å². The standard InChI is InChI=1S/C15H16ClN3O2/c1-15(9-20,10-5-3-2-4-6-10)19-14(21)12-7-11(17)8-18-13(12)16/h2-8,20H,9,17H2,1H3,(H,19,21). The van der Waals surface area contributed by atoms with Crippen LogP contribution in [-0.2, 0) is 5.54 Å². The zero-order chi connectivity index (χ0) is 15.5. The summed E-state index contributed by atoms with van der Waals surface area (Å²) in [5.41, 5.74) is 6.00. The lowest BCUT2D eigenvalue weighted by atomic mass is 9.92. The molecule has 0 radical (unpaired) electrons. The molecule has 21 heavy (non-hydrogen) atoms. The Labute approximate surface area is 127 Å². The first kappa shape index (κ1) is 15.3. The van der Waals surface area contributed by atoms with E-state index < -0.39 is 11.4 Å². The maximum Gasteiger partial charge on any atom is 0.255 e. The predicted molar refractivity (Wildman–Crippen MR) is 82.0 cm³/mol. The van der Waals surface area contributed by atoms with E-state index >= 15 is 0 Å². The number of amides is 1. The van der Waals surface area contributed by atoms with E-state index in [2.05, 4.69) is 10.3 Å². The molecule has 1 amide bonds. The lowest BCUT2D eigenvalue weighted by Crippen LogP contribution is -2.46. The minimum atomic E-state index is -0.924. The molecule has 2 aromatic rings. The molecule has 1 aromatic heterocycles. The highest BCUT2D eigenvalue weighted by atomic mass is 35.5. The van der Waals surface area contributed by atoms with Crippen LogP contribution in [0, 0.1) is 0 Å². The van der Waals surface area contributed by atoms with Gasteiger partial charge in [-0.3, -0.25) is 4.79 Å². The monoisotopic (exact) mass is 305 g/mol. The smallest absolute Gasteiger partial charge is 0.255 e. The molecule has 0 spiro atoms. The second kappa shape index (κ2) is 6.11. The largest absolute Gasteiger partial charge is 0.397 e. The van der Waals surface area contributed by atoms with Crippen LogP contribution in [0.5, 0.6) is 0 Å². The van der Waals surface area contributed by atoms with Crippen LogP contribution in [0.15, 0.2) is 42.6 Å². The molecule has 1 heterocycles. The summed E-state index contributed by atoms with van der Waals surface area (Å²) in [6.45, 7) is 1.48. The molecular weight excluding hydrogens is 290 g/mol. The molecular formula is C15H16ClN3O2. The van der Waals surface area contributed by atoms with Crippen LogP contribution in [0.1, 0.15) is 22.8 Å². The Morgan fingerprint density at radius 1 is 1.43 bits per heavy atom. The lowest BCUT2D eigenvalue weighted by molar-refractivity contribution is 0.0849. The Morgan fingerprint density at radius 2 is 2.10 bits per heavy atom. The maximum absolute atomic E-state index is 12.4. The zero-order valence-corrected chi connectivity index (χ0v) is 12.3. The molecule has 0 saturated carbocycles. The van der Waals surface area contributed by atoms with E-state index in [-0.39, 0.29) is 17.3 Å². The summed E-state index contributed by atoms with van der Waals surface area (Å²) in [5, 5.41) is 12.5. The Kier molecular flexibility index (Phi) is 4.45. The van der Waals surface area contributed by atoms with Crippen LogP contribution in [-0.4, -0.2) is 22.6 Å². The number of nitrogens with two attached hydrogens (primary N) is 1. The SMILES string of the molecule is CC(CO)(NC(=O)c1cc(N)cnc1Cl)c1ccccc1. The fourth-order valence-corrected chi connectivity index (χ4v) is 2.14. The van der Waals surface area contributed by atoms with Crippen LogP contribution in [0.2, 0.25) is 5.15 Å². The Hall–Kier alpha value is -2.11. The quantitative estimate of drug-likeness (QED) is 0.753. The minimum Gasteiger partial charge on any atom is -0.397 e. The Morgan fingerprint density at radius 3 is 2.71 bits per heavy atom. The van der Waals surface area contributed by atoms with Gasteiger partial charge in [-0.25, -0.2) is 4.98 Å². The third-order valence-corrected chi connectivity index (χ3v) is 3.52. The van der Waals surface area contributed by atoms with Gasteiger partial charge in [0.25, 0.3) is 5.91 Å². The first-order chi connectivity index (χ1) is 9.96. The van der Waals surface area contributed by atoms with Crippen molar-refractivity contribution in [3.63, 3.8) is 0 Å². The van der Waals surface area contributed by atoms with Crippen molar-refractivity contribution in [1.29, 1.82) is 0 Å². The molecule has 0 aliphatic rings.